The van der Waals surface area contributed by atoms with E-state index in [1.165, 1.54) is 16.7 Å². The van der Waals surface area contributed by atoms with E-state index < -0.39 is 0 Å². The molecule has 0 fully saturated rings. The van der Waals surface area contributed by atoms with Crippen LogP contribution in [0.5, 0.6) is 5.75 Å². The van der Waals surface area contributed by atoms with Gasteiger partial charge in [-0.05, 0) is 60.2 Å². The minimum absolute atomic E-state index is 0.104. The van der Waals surface area contributed by atoms with Crippen LogP contribution in [-0.4, -0.2) is 19.1 Å². The van der Waals surface area contributed by atoms with Gasteiger partial charge < -0.3 is 10.1 Å². The molecule has 0 radical (unpaired) electrons. The molecule has 4 heteroatoms. The maximum absolute atomic E-state index is 12.0. The van der Waals surface area contributed by atoms with Crippen molar-refractivity contribution >= 4 is 17.5 Å². The second-order valence-corrected chi connectivity index (χ2v) is 7.01. The maximum atomic E-state index is 12.0. The fourth-order valence-corrected chi connectivity index (χ4v) is 3.87. The molecule has 0 spiro atoms. The van der Waals surface area contributed by atoms with Crippen LogP contribution >= 0.6 is 11.6 Å². The molecule has 132 valence electrons. The summed E-state index contributed by atoms with van der Waals surface area (Å²) in [5.74, 6) is 1.18. The third kappa shape index (κ3) is 4.16. The Bertz CT molecular complexity index is 759. The highest BCUT2D eigenvalue weighted by Crippen LogP contribution is 2.37. The first kappa shape index (κ1) is 17.8. The molecule has 0 bridgehead atoms. The van der Waals surface area contributed by atoms with Crippen LogP contribution in [0.15, 0.2) is 42.5 Å². The van der Waals surface area contributed by atoms with Crippen LogP contribution in [0.1, 0.15) is 42.4 Å². The molecular formula is C21H24ClNO2. The number of amides is 1. The number of hydrogen-bond donors (Lipinski definition) is 1. The number of carbonyl (C=O) groups is 1. The summed E-state index contributed by atoms with van der Waals surface area (Å²) in [5, 5.41) is 3.96. The number of nitrogens with one attached hydrogen (secondary N) is 1. The van der Waals surface area contributed by atoms with Gasteiger partial charge in [0.1, 0.15) is 5.75 Å². The van der Waals surface area contributed by atoms with Crippen LogP contribution in [-0.2, 0) is 17.6 Å². The largest absolute Gasteiger partial charge is 0.497 e. The zero-order valence-electron chi connectivity index (χ0n) is 14.7. The lowest BCUT2D eigenvalue weighted by Gasteiger charge is -2.34. The average Bonchev–Trinajstić information content (AvgIpc) is 2.63. The molecule has 1 aliphatic carbocycles. The lowest BCUT2D eigenvalue weighted by molar-refractivity contribution is -0.121. The highest BCUT2D eigenvalue weighted by Gasteiger charge is 2.31. The van der Waals surface area contributed by atoms with Crippen molar-refractivity contribution < 1.29 is 9.53 Å². The Labute approximate surface area is 154 Å². The van der Waals surface area contributed by atoms with Gasteiger partial charge in [-0.2, -0.15) is 0 Å². The Balaban J connectivity index is 1.96. The summed E-state index contributed by atoms with van der Waals surface area (Å²) in [6, 6.07) is 14.4. The van der Waals surface area contributed by atoms with E-state index in [-0.39, 0.29) is 17.9 Å². The zero-order chi connectivity index (χ0) is 17.8. The third-order valence-electron chi connectivity index (χ3n) is 4.98. The zero-order valence-corrected chi connectivity index (χ0v) is 15.5. The minimum atomic E-state index is 0.104. The lowest BCUT2D eigenvalue weighted by Crippen LogP contribution is -2.42. The van der Waals surface area contributed by atoms with Gasteiger partial charge in [-0.15, -0.1) is 0 Å². The first-order valence-corrected chi connectivity index (χ1v) is 9.19. The summed E-state index contributed by atoms with van der Waals surface area (Å²) in [6.45, 7) is 1.89. The van der Waals surface area contributed by atoms with E-state index in [9.17, 15) is 4.79 Å². The molecule has 1 N–H and O–H groups in total. The summed E-state index contributed by atoms with van der Waals surface area (Å²) in [5.41, 5.74) is 3.80. The molecule has 1 amide bonds. The minimum Gasteiger partial charge on any atom is -0.497 e. The average molecular weight is 358 g/mol. The van der Waals surface area contributed by atoms with E-state index in [4.69, 9.17) is 16.3 Å². The van der Waals surface area contributed by atoms with Gasteiger partial charge in [-0.3, -0.25) is 4.79 Å². The predicted octanol–water partition coefficient (Wildman–Crippen LogP) is 4.52. The highest BCUT2D eigenvalue weighted by molar-refractivity contribution is 6.30. The first-order valence-electron chi connectivity index (χ1n) is 8.81. The second-order valence-electron chi connectivity index (χ2n) is 6.57. The molecule has 2 unspecified atom stereocenters. The molecule has 2 aromatic carbocycles. The molecule has 0 heterocycles. The van der Waals surface area contributed by atoms with Gasteiger partial charge in [0.15, 0.2) is 0 Å². The monoisotopic (exact) mass is 357 g/mol. The van der Waals surface area contributed by atoms with Gasteiger partial charge in [-0.1, -0.05) is 36.7 Å². The number of ether oxygens (including phenoxy) is 1. The van der Waals surface area contributed by atoms with Crippen molar-refractivity contribution in [1.82, 2.24) is 5.32 Å². The van der Waals surface area contributed by atoms with E-state index in [1.807, 2.05) is 31.2 Å². The molecular weight excluding hydrogens is 334 g/mol. The molecule has 2 aromatic rings. The predicted molar refractivity (Wildman–Crippen MR) is 101 cm³/mol. The Morgan fingerprint density at radius 3 is 2.84 bits per heavy atom. The number of rotatable bonds is 5. The normalized spacial score (nSPS) is 19.2. The van der Waals surface area contributed by atoms with Gasteiger partial charge in [-0.25, -0.2) is 0 Å². The first-order chi connectivity index (χ1) is 12.1. The van der Waals surface area contributed by atoms with Crippen molar-refractivity contribution in [2.24, 2.45) is 0 Å². The maximum Gasteiger partial charge on any atom is 0.219 e. The molecule has 25 heavy (non-hydrogen) atoms. The lowest BCUT2D eigenvalue weighted by atomic mass is 9.76. The molecule has 0 aromatic heterocycles. The van der Waals surface area contributed by atoms with Crippen LogP contribution in [0, 0.1) is 0 Å². The molecule has 0 saturated carbocycles. The van der Waals surface area contributed by atoms with Gasteiger partial charge in [0.25, 0.3) is 0 Å². The van der Waals surface area contributed by atoms with E-state index in [2.05, 4.69) is 23.5 Å². The smallest absolute Gasteiger partial charge is 0.219 e. The van der Waals surface area contributed by atoms with Crippen molar-refractivity contribution in [2.45, 2.75) is 44.6 Å². The molecule has 0 aliphatic heterocycles. The Kier molecular flexibility index (Phi) is 5.64. The van der Waals surface area contributed by atoms with Gasteiger partial charge in [0.05, 0.1) is 7.11 Å². The van der Waals surface area contributed by atoms with Crippen LogP contribution in [0.3, 0.4) is 0 Å². The van der Waals surface area contributed by atoms with Crippen molar-refractivity contribution in [2.75, 3.05) is 7.11 Å². The van der Waals surface area contributed by atoms with Crippen LogP contribution in [0.25, 0.3) is 0 Å². The Hall–Kier alpha value is -2.00. The van der Waals surface area contributed by atoms with Crippen LogP contribution in [0.4, 0.5) is 0 Å². The van der Waals surface area contributed by atoms with E-state index >= 15 is 0 Å². The number of halogens is 1. The second kappa shape index (κ2) is 7.92. The van der Waals surface area contributed by atoms with Gasteiger partial charge in [0.2, 0.25) is 5.91 Å². The molecule has 1 aliphatic rings. The van der Waals surface area contributed by atoms with Crippen molar-refractivity contribution in [1.29, 1.82) is 0 Å². The Morgan fingerprint density at radius 1 is 1.28 bits per heavy atom. The highest BCUT2D eigenvalue weighted by atomic mass is 35.5. The van der Waals surface area contributed by atoms with E-state index in [1.54, 1.807) is 7.11 Å². The van der Waals surface area contributed by atoms with E-state index in [0.717, 1.165) is 30.0 Å². The standard InChI is InChI=1S/C21H24ClNO2/c1-3-21(24)23-20-10-8-15-7-9-17(25-2)13-18(15)19(20)12-14-5-4-6-16(22)11-14/h4-7,9,11,13,19-20H,3,8,10,12H2,1-2H3,(H,23,24). The summed E-state index contributed by atoms with van der Waals surface area (Å²) in [4.78, 5) is 12.0. The number of fused-ring (bicyclic) bond motifs is 1. The number of benzene rings is 2. The molecule has 3 nitrogen and oxygen atoms in total. The van der Waals surface area contributed by atoms with Crippen LogP contribution in [0.2, 0.25) is 5.02 Å². The summed E-state index contributed by atoms with van der Waals surface area (Å²) in [7, 11) is 1.69. The SMILES string of the molecule is CCC(=O)NC1CCc2ccc(OC)cc2C1Cc1cccc(Cl)c1. The van der Waals surface area contributed by atoms with Gasteiger partial charge in [0, 0.05) is 23.4 Å². The molecule has 0 saturated heterocycles. The Morgan fingerprint density at radius 2 is 2.12 bits per heavy atom. The summed E-state index contributed by atoms with van der Waals surface area (Å²) < 4.78 is 5.43. The van der Waals surface area contributed by atoms with E-state index in [0.29, 0.717) is 6.42 Å². The fourth-order valence-electron chi connectivity index (χ4n) is 3.65. The quantitative estimate of drug-likeness (QED) is 0.854. The number of hydrogen-bond acceptors (Lipinski definition) is 2. The number of methoxy groups -OCH3 is 1. The molecule has 3 rings (SSSR count). The third-order valence-corrected chi connectivity index (χ3v) is 5.21. The van der Waals surface area contributed by atoms with Gasteiger partial charge >= 0.3 is 0 Å². The fraction of sp³-hybridized carbons (Fsp3) is 0.381. The van der Waals surface area contributed by atoms with Crippen molar-refractivity contribution in [3.05, 3.63) is 64.2 Å². The summed E-state index contributed by atoms with van der Waals surface area (Å²) in [6.07, 6.45) is 3.27. The van der Waals surface area contributed by atoms with Crippen molar-refractivity contribution in [3.63, 3.8) is 0 Å². The molecule has 2 atom stereocenters. The number of aryl methyl sites for hydroxylation is 1. The van der Waals surface area contributed by atoms with Crippen LogP contribution < -0.4 is 10.1 Å². The number of carbonyl (C=O) groups excluding carboxylic acids is 1. The van der Waals surface area contributed by atoms with Crippen molar-refractivity contribution in [3.8, 4) is 5.75 Å². The summed E-state index contributed by atoms with van der Waals surface area (Å²) >= 11 is 6.16. The topological polar surface area (TPSA) is 38.3 Å².